The molecule has 0 bridgehead atoms. The molecule has 0 heterocycles. The van der Waals surface area contributed by atoms with Gasteiger partial charge in [-0.15, -0.1) is 0 Å². The molecule has 2 rings (SSSR count). The zero-order chi connectivity index (χ0) is 21.2. The predicted octanol–water partition coefficient (Wildman–Crippen LogP) is 2.37. The number of nitrogens with one attached hydrogen (secondary N) is 2. The van der Waals surface area contributed by atoms with Crippen LogP contribution < -0.4 is 21.1 Å². The average molecular weight is 405 g/mol. The summed E-state index contributed by atoms with van der Waals surface area (Å²) in [6, 6.07) is 9.39. The lowest BCUT2D eigenvalue weighted by Crippen LogP contribution is -2.28. The highest BCUT2D eigenvalue weighted by atomic mass is 19.1. The lowest BCUT2D eigenvalue weighted by molar-refractivity contribution is -0.118. The minimum Gasteiger partial charge on any atom is -0.491 e. The van der Waals surface area contributed by atoms with Gasteiger partial charge in [-0.2, -0.15) is 0 Å². The van der Waals surface area contributed by atoms with Crippen LogP contribution in [0.3, 0.4) is 0 Å². The van der Waals surface area contributed by atoms with E-state index in [0.29, 0.717) is 11.8 Å². The van der Waals surface area contributed by atoms with Gasteiger partial charge in [-0.1, -0.05) is 12.1 Å². The van der Waals surface area contributed by atoms with E-state index in [-0.39, 0.29) is 49.6 Å². The van der Waals surface area contributed by atoms with E-state index in [0.717, 1.165) is 6.07 Å². The Labute approximate surface area is 166 Å². The summed E-state index contributed by atoms with van der Waals surface area (Å²) >= 11 is 0. The van der Waals surface area contributed by atoms with Crippen molar-refractivity contribution in [3.05, 3.63) is 59.7 Å². The maximum absolute atomic E-state index is 13.5. The van der Waals surface area contributed by atoms with Gasteiger partial charge in [0.15, 0.2) is 11.6 Å². The van der Waals surface area contributed by atoms with Gasteiger partial charge < -0.3 is 21.1 Å². The number of anilines is 1. The third kappa shape index (κ3) is 7.21. The summed E-state index contributed by atoms with van der Waals surface area (Å²) in [6.45, 7) is 0.152. The van der Waals surface area contributed by atoms with Crippen molar-refractivity contribution >= 4 is 23.4 Å². The Morgan fingerprint density at radius 3 is 2.52 bits per heavy atom. The standard InChI is InChI=1S/C20H21F2N3O4/c21-13-7-8-17(15(22)12-13)29-11-3-6-19(27)25-16-5-2-1-4-14(16)20(28)24-10-9-18(23)26/h1-2,4-5,7-8,12H,3,6,9-11H2,(H2,23,26)(H,24,28)(H,25,27). The second-order valence-electron chi connectivity index (χ2n) is 6.09. The minimum atomic E-state index is -0.814. The first-order valence-electron chi connectivity index (χ1n) is 8.90. The number of benzene rings is 2. The van der Waals surface area contributed by atoms with Crippen LogP contribution in [0.4, 0.5) is 14.5 Å². The van der Waals surface area contributed by atoms with E-state index in [1.54, 1.807) is 18.2 Å². The molecule has 0 fully saturated rings. The second-order valence-corrected chi connectivity index (χ2v) is 6.09. The molecule has 0 aromatic heterocycles. The molecule has 9 heteroatoms. The van der Waals surface area contributed by atoms with E-state index in [4.69, 9.17) is 10.5 Å². The molecule has 0 aliphatic carbocycles. The highest BCUT2D eigenvalue weighted by Crippen LogP contribution is 2.18. The molecule has 29 heavy (non-hydrogen) atoms. The van der Waals surface area contributed by atoms with E-state index in [1.165, 1.54) is 12.1 Å². The Hall–Kier alpha value is -3.49. The lowest BCUT2D eigenvalue weighted by atomic mass is 10.1. The van der Waals surface area contributed by atoms with Crippen molar-refractivity contribution in [2.45, 2.75) is 19.3 Å². The molecular weight excluding hydrogens is 384 g/mol. The molecule has 0 atom stereocenters. The van der Waals surface area contributed by atoms with E-state index < -0.39 is 23.4 Å². The number of rotatable bonds is 10. The number of amides is 3. The Bertz CT molecular complexity index is 890. The van der Waals surface area contributed by atoms with E-state index in [9.17, 15) is 23.2 Å². The zero-order valence-corrected chi connectivity index (χ0v) is 15.5. The van der Waals surface area contributed by atoms with Crippen LogP contribution in [-0.2, 0) is 9.59 Å². The number of primary amides is 1. The maximum atomic E-state index is 13.5. The molecule has 0 unspecified atom stereocenters. The van der Waals surface area contributed by atoms with Crippen molar-refractivity contribution in [1.82, 2.24) is 5.32 Å². The van der Waals surface area contributed by atoms with Gasteiger partial charge in [0.1, 0.15) is 5.82 Å². The normalized spacial score (nSPS) is 10.3. The summed E-state index contributed by atoms with van der Waals surface area (Å²) < 4.78 is 31.5. The molecule has 0 spiro atoms. The molecule has 4 N–H and O–H groups in total. The predicted molar refractivity (Wildman–Crippen MR) is 102 cm³/mol. The Morgan fingerprint density at radius 2 is 1.79 bits per heavy atom. The third-order valence-corrected chi connectivity index (χ3v) is 3.80. The first-order valence-corrected chi connectivity index (χ1v) is 8.90. The number of hydrogen-bond donors (Lipinski definition) is 3. The monoisotopic (exact) mass is 405 g/mol. The molecule has 0 saturated heterocycles. The SMILES string of the molecule is NC(=O)CCNC(=O)c1ccccc1NC(=O)CCCOc1ccc(F)cc1F. The molecule has 3 amide bonds. The van der Waals surface area contributed by atoms with E-state index in [2.05, 4.69) is 10.6 Å². The number of nitrogens with two attached hydrogens (primary N) is 1. The van der Waals surface area contributed by atoms with Gasteiger partial charge in [0.05, 0.1) is 17.9 Å². The number of carbonyl (C=O) groups is 3. The summed E-state index contributed by atoms with van der Waals surface area (Å²) in [5.74, 6) is -2.94. The summed E-state index contributed by atoms with van der Waals surface area (Å²) in [5, 5.41) is 5.19. The number of halogens is 2. The van der Waals surface area contributed by atoms with Crippen molar-refractivity contribution in [2.75, 3.05) is 18.5 Å². The van der Waals surface area contributed by atoms with Crippen molar-refractivity contribution in [3.8, 4) is 5.75 Å². The molecule has 0 radical (unpaired) electrons. The Balaban J connectivity index is 1.82. The van der Waals surface area contributed by atoms with Gasteiger partial charge in [0.2, 0.25) is 11.8 Å². The molecular formula is C20H21F2N3O4. The fourth-order valence-electron chi connectivity index (χ4n) is 2.40. The van der Waals surface area contributed by atoms with Gasteiger partial charge in [-0.05, 0) is 30.7 Å². The Morgan fingerprint density at radius 1 is 1.03 bits per heavy atom. The van der Waals surface area contributed by atoms with Crippen molar-refractivity contribution in [2.24, 2.45) is 5.73 Å². The number of hydrogen-bond acceptors (Lipinski definition) is 4. The first-order chi connectivity index (χ1) is 13.9. The van der Waals surface area contributed by atoms with E-state index in [1.807, 2.05) is 0 Å². The van der Waals surface area contributed by atoms with Crippen LogP contribution in [-0.4, -0.2) is 30.9 Å². The first kappa shape index (κ1) is 21.8. The maximum Gasteiger partial charge on any atom is 0.253 e. The number of carbonyl (C=O) groups excluding carboxylic acids is 3. The highest BCUT2D eigenvalue weighted by molar-refractivity contribution is 6.03. The van der Waals surface area contributed by atoms with Crippen molar-refractivity contribution in [3.63, 3.8) is 0 Å². The van der Waals surface area contributed by atoms with Crippen LogP contribution in [0.15, 0.2) is 42.5 Å². The quantitative estimate of drug-likeness (QED) is 0.527. The number of para-hydroxylation sites is 1. The molecule has 0 aliphatic rings. The second kappa shape index (κ2) is 10.7. The van der Waals surface area contributed by atoms with Gasteiger partial charge in [-0.25, -0.2) is 8.78 Å². The van der Waals surface area contributed by atoms with Crippen LogP contribution in [0, 0.1) is 11.6 Å². The lowest BCUT2D eigenvalue weighted by Gasteiger charge is -2.11. The van der Waals surface area contributed by atoms with Crippen LogP contribution >= 0.6 is 0 Å². The summed E-state index contributed by atoms with van der Waals surface area (Å²) in [7, 11) is 0. The Kier molecular flexibility index (Phi) is 8.08. The molecule has 2 aromatic rings. The molecule has 154 valence electrons. The van der Waals surface area contributed by atoms with Crippen LogP contribution in [0.2, 0.25) is 0 Å². The van der Waals surface area contributed by atoms with Crippen LogP contribution in [0.5, 0.6) is 5.75 Å². The molecule has 7 nitrogen and oxygen atoms in total. The summed E-state index contributed by atoms with van der Waals surface area (Å²) in [5.41, 5.74) is 5.59. The number of ether oxygens (including phenoxy) is 1. The zero-order valence-electron chi connectivity index (χ0n) is 15.5. The van der Waals surface area contributed by atoms with Gasteiger partial charge in [0, 0.05) is 25.5 Å². The topological polar surface area (TPSA) is 111 Å². The minimum absolute atomic E-state index is 0.00885. The molecule has 0 aliphatic heterocycles. The smallest absolute Gasteiger partial charge is 0.253 e. The summed E-state index contributed by atoms with van der Waals surface area (Å²) in [4.78, 5) is 35.1. The molecule has 2 aromatic carbocycles. The fourth-order valence-corrected chi connectivity index (χ4v) is 2.40. The fraction of sp³-hybridized carbons (Fsp3) is 0.250. The van der Waals surface area contributed by atoms with Crippen molar-refractivity contribution in [1.29, 1.82) is 0 Å². The summed E-state index contributed by atoms with van der Waals surface area (Å²) in [6.07, 6.45) is 0.366. The largest absolute Gasteiger partial charge is 0.491 e. The van der Waals surface area contributed by atoms with Gasteiger partial charge in [-0.3, -0.25) is 14.4 Å². The highest BCUT2D eigenvalue weighted by Gasteiger charge is 2.13. The third-order valence-electron chi connectivity index (χ3n) is 3.80. The van der Waals surface area contributed by atoms with E-state index >= 15 is 0 Å². The van der Waals surface area contributed by atoms with Gasteiger partial charge >= 0.3 is 0 Å². The van der Waals surface area contributed by atoms with Crippen LogP contribution in [0.25, 0.3) is 0 Å². The van der Waals surface area contributed by atoms with Crippen LogP contribution in [0.1, 0.15) is 29.6 Å². The average Bonchev–Trinajstić information content (AvgIpc) is 2.66. The molecule has 0 saturated carbocycles. The van der Waals surface area contributed by atoms with Crippen molar-refractivity contribution < 1.29 is 27.9 Å². The van der Waals surface area contributed by atoms with Gasteiger partial charge in [0.25, 0.3) is 5.91 Å².